The van der Waals surface area contributed by atoms with Crippen molar-refractivity contribution in [2.45, 2.75) is 13.8 Å². The Labute approximate surface area is 172 Å². The number of benzene rings is 3. The van der Waals surface area contributed by atoms with E-state index in [4.69, 9.17) is 16.3 Å². The van der Waals surface area contributed by atoms with Gasteiger partial charge in [0.05, 0.1) is 15.2 Å². The van der Waals surface area contributed by atoms with Crippen molar-refractivity contribution in [3.8, 4) is 16.9 Å². The third-order valence-electron chi connectivity index (χ3n) is 4.09. The number of hydrogen-bond donors (Lipinski definition) is 1. The molecule has 1 amide bonds. The van der Waals surface area contributed by atoms with Crippen molar-refractivity contribution in [1.82, 2.24) is 0 Å². The molecule has 0 spiro atoms. The first kappa shape index (κ1) is 19.5. The van der Waals surface area contributed by atoms with E-state index in [0.717, 1.165) is 26.7 Å². The lowest BCUT2D eigenvalue weighted by Crippen LogP contribution is -2.21. The van der Waals surface area contributed by atoms with E-state index in [9.17, 15) is 4.79 Å². The minimum Gasteiger partial charge on any atom is -0.483 e. The molecule has 0 aliphatic carbocycles. The second-order valence-electron chi connectivity index (χ2n) is 6.29. The molecule has 3 rings (SSSR count). The fraction of sp³-hybridized carbons (Fsp3) is 0.136. The van der Waals surface area contributed by atoms with Crippen LogP contribution in [0.15, 0.2) is 65.1 Å². The average molecular weight is 445 g/mol. The molecule has 138 valence electrons. The SMILES string of the molecule is Cc1cc(C)c(NC(=O)COc2ccc(-c3ccccc3)cc2Br)c(Cl)c1. The van der Waals surface area contributed by atoms with Crippen LogP contribution in [0.4, 0.5) is 5.69 Å². The Morgan fingerprint density at radius 3 is 2.44 bits per heavy atom. The minimum atomic E-state index is -0.261. The maximum absolute atomic E-state index is 12.3. The summed E-state index contributed by atoms with van der Waals surface area (Å²) in [5.74, 6) is 0.347. The fourth-order valence-corrected chi connectivity index (χ4v) is 3.68. The molecule has 0 saturated heterocycles. The van der Waals surface area contributed by atoms with Crippen LogP contribution in [0.2, 0.25) is 5.02 Å². The summed E-state index contributed by atoms with van der Waals surface area (Å²) in [5, 5.41) is 3.34. The van der Waals surface area contributed by atoms with Gasteiger partial charge in [-0.3, -0.25) is 4.79 Å². The zero-order valence-corrected chi connectivity index (χ0v) is 17.4. The molecule has 1 N–H and O–H groups in total. The van der Waals surface area contributed by atoms with Gasteiger partial charge in [0, 0.05) is 0 Å². The predicted molar refractivity (Wildman–Crippen MR) is 115 cm³/mol. The molecule has 0 aliphatic rings. The van der Waals surface area contributed by atoms with Gasteiger partial charge in [-0.25, -0.2) is 0 Å². The monoisotopic (exact) mass is 443 g/mol. The second-order valence-corrected chi connectivity index (χ2v) is 7.55. The number of carbonyl (C=O) groups is 1. The lowest BCUT2D eigenvalue weighted by atomic mass is 10.1. The van der Waals surface area contributed by atoms with Crippen LogP contribution < -0.4 is 10.1 Å². The zero-order valence-electron chi connectivity index (χ0n) is 15.1. The van der Waals surface area contributed by atoms with E-state index in [2.05, 4.69) is 21.2 Å². The highest BCUT2D eigenvalue weighted by Gasteiger charge is 2.11. The number of rotatable bonds is 5. The minimum absolute atomic E-state index is 0.104. The van der Waals surface area contributed by atoms with Gasteiger partial charge in [-0.1, -0.05) is 54.1 Å². The van der Waals surface area contributed by atoms with Crippen LogP contribution >= 0.6 is 27.5 Å². The summed E-state index contributed by atoms with van der Waals surface area (Å²) in [7, 11) is 0. The molecule has 5 heteroatoms. The quantitative estimate of drug-likeness (QED) is 0.494. The van der Waals surface area contributed by atoms with Crippen LogP contribution in [0.3, 0.4) is 0 Å². The van der Waals surface area contributed by atoms with E-state index in [-0.39, 0.29) is 12.5 Å². The summed E-state index contributed by atoms with van der Waals surface area (Å²) in [6.45, 7) is 3.77. The molecular weight excluding hydrogens is 426 g/mol. The van der Waals surface area contributed by atoms with Crippen LogP contribution in [-0.4, -0.2) is 12.5 Å². The fourth-order valence-electron chi connectivity index (χ4n) is 2.82. The topological polar surface area (TPSA) is 38.3 Å². The van der Waals surface area contributed by atoms with Gasteiger partial charge in [-0.05, 0) is 70.2 Å². The summed E-state index contributed by atoms with van der Waals surface area (Å²) >= 11 is 9.75. The van der Waals surface area contributed by atoms with Crippen LogP contribution in [0, 0.1) is 13.8 Å². The molecule has 3 aromatic rings. The van der Waals surface area contributed by atoms with E-state index in [0.29, 0.717) is 16.5 Å². The van der Waals surface area contributed by atoms with E-state index in [1.165, 1.54) is 0 Å². The maximum atomic E-state index is 12.3. The Kier molecular flexibility index (Phi) is 6.19. The molecule has 3 nitrogen and oxygen atoms in total. The van der Waals surface area contributed by atoms with Gasteiger partial charge in [0.1, 0.15) is 5.75 Å². The lowest BCUT2D eigenvalue weighted by Gasteiger charge is -2.13. The number of nitrogens with one attached hydrogen (secondary N) is 1. The van der Waals surface area contributed by atoms with Crippen molar-refractivity contribution < 1.29 is 9.53 Å². The van der Waals surface area contributed by atoms with Gasteiger partial charge in [-0.15, -0.1) is 0 Å². The number of aryl methyl sites for hydroxylation is 2. The summed E-state index contributed by atoms with van der Waals surface area (Å²) < 4.78 is 6.46. The van der Waals surface area contributed by atoms with E-state index in [1.54, 1.807) is 0 Å². The van der Waals surface area contributed by atoms with Crippen LogP contribution in [0.5, 0.6) is 5.75 Å². The smallest absolute Gasteiger partial charge is 0.262 e. The van der Waals surface area contributed by atoms with E-state index >= 15 is 0 Å². The highest BCUT2D eigenvalue weighted by Crippen LogP contribution is 2.31. The molecule has 27 heavy (non-hydrogen) atoms. The van der Waals surface area contributed by atoms with Crippen molar-refractivity contribution in [2.75, 3.05) is 11.9 Å². The number of carbonyl (C=O) groups excluding carboxylic acids is 1. The zero-order chi connectivity index (χ0) is 19.4. The van der Waals surface area contributed by atoms with Crippen molar-refractivity contribution in [2.24, 2.45) is 0 Å². The lowest BCUT2D eigenvalue weighted by molar-refractivity contribution is -0.118. The van der Waals surface area contributed by atoms with Gasteiger partial charge in [0.2, 0.25) is 0 Å². The van der Waals surface area contributed by atoms with Gasteiger partial charge < -0.3 is 10.1 Å². The van der Waals surface area contributed by atoms with Gasteiger partial charge in [-0.2, -0.15) is 0 Å². The summed E-state index contributed by atoms with van der Waals surface area (Å²) in [4.78, 5) is 12.3. The van der Waals surface area contributed by atoms with Gasteiger partial charge in [0.25, 0.3) is 5.91 Å². The Morgan fingerprint density at radius 1 is 1.04 bits per heavy atom. The molecule has 0 radical (unpaired) electrons. The number of hydrogen-bond acceptors (Lipinski definition) is 2. The van der Waals surface area contributed by atoms with Crippen LogP contribution in [0.25, 0.3) is 11.1 Å². The van der Waals surface area contributed by atoms with Crippen molar-refractivity contribution in [1.29, 1.82) is 0 Å². The normalized spacial score (nSPS) is 10.5. The summed E-state index contributed by atoms with van der Waals surface area (Å²) in [5.41, 5.74) is 4.78. The maximum Gasteiger partial charge on any atom is 0.262 e. The molecule has 0 aliphatic heterocycles. The van der Waals surface area contributed by atoms with E-state index < -0.39 is 0 Å². The van der Waals surface area contributed by atoms with Crippen molar-refractivity contribution >= 4 is 39.1 Å². The first-order valence-electron chi connectivity index (χ1n) is 8.48. The average Bonchev–Trinajstić information content (AvgIpc) is 2.64. The number of anilines is 1. The molecule has 0 unspecified atom stereocenters. The third-order valence-corrected chi connectivity index (χ3v) is 5.01. The molecule has 0 saturated carbocycles. The Hall–Kier alpha value is -2.30. The molecule has 0 heterocycles. The molecule has 0 atom stereocenters. The Balaban J connectivity index is 1.66. The molecule has 3 aromatic carbocycles. The van der Waals surface area contributed by atoms with E-state index in [1.807, 2.05) is 74.5 Å². The summed E-state index contributed by atoms with van der Waals surface area (Å²) in [6.07, 6.45) is 0. The molecule has 0 fully saturated rings. The Morgan fingerprint density at radius 2 is 1.78 bits per heavy atom. The van der Waals surface area contributed by atoms with Crippen LogP contribution in [0.1, 0.15) is 11.1 Å². The highest BCUT2D eigenvalue weighted by atomic mass is 79.9. The van der Waals surface area contributed by atoms with Gasteiger partial charge >= 0.3 is 0 Å². The summed E-state index contributed by atoms with van der Waals surface area (Å²) in [6, 6.07) is 19.7. The number of halogens is 2. The van der Waals surface area contributed by atoms with Crippen molar-refractivity contribution in [3.05, 3.63) is 81.3 Å². The standard InChI is InChI=1S/C22H19BrClNO2/c1-14-10-15(2)22(19(24)11-14)25-21(26)13-27-20-9-8-17(12-18(20)23)16-6-4-3-5-7-16/h3-12H,13H2,1-2H3,(H,25,26). The van der Waals surface area contributed by atoms with Crippen LogP contribution in [-0.2, 0) is 4.79 Å². The molecule has 0 bridgehead atoms. The van der Waals surface area contributed by atoms with Gasteiger partial charge in [0.15, 0.2) is 6.61 Å². The first-order chi connectivity index (χ1) is 12.9. The predicted octanol–water partition coefficient (Wildman–Crippen LogP) is 6.40. The second kappa shape index (κ2) is 8.59. The molecular formula is C22H19BrClNO2. The largest absolute Gasteiger partial charge is 0.483 e. The first-order valence-corrected chi connectivity index (χ1v) is 9.65. The third kappa shape index (κ3) is 4.90. The van der Waals surface area contributed by atoms with Crippen molar-refractivity contribution in [3.63, 3.8) is 0 Å². The number of amides is 1. The number of ether oxygens (including phenoxy) is 1. The Bertz CT molecular complexity index is 950. The highest BCUT2D eigenvalue weighted by molar-refractivity contribution is 9.10. The molecule has 0 aromatic heterocycles.